The first-order chi connectivity index (χ1) is 6.79. The maximum atomic E-state index is 3.72. The van der Waals surface area contributed by atoms with Gasteiger partial charge in [-0.2, -0.15) is 11.8 Å². The highest BCUT2D eigenvalue weighted by Gasteiger charge is 2.18. The summed E-state index contributed by atoms with van der Waals surface area (Å²) in [5, 5.41) is 0.727. The highest BCUT2D eigenvalue weighted by atomic mass is 32.2. The molecule has 0 aromatic heterocycles. The number of rotatable bonds is 4. The lowest BCUT2D eigenvalue weighted by Crippen LogP contribution is -2.13. The van der Waals surface area contributed by atoms with Crippen molar-refractivity contribution in [1.29, 1.82) is 0 Å². The van der Waals surface area contributed by atoms with E-state index < -0.39 is 0 Å². The Labute approximate surface area is 92.2 Å². The summed E-state index contributed by atoms with van der Waals surface area (Å²) in [6.45, 7) is 8.26. The summed E-state index contributed by atoms with van der Waals surface area (Å²) >= 11 is 2.11. The van der Waals surface area contributed by atoms with Crippen LogP contribution in [-0.2, 0) is 0 Å². The van der Waals surface area contributed by atoms with Crippen LogP contribution in [0.15, 0.2) is 36.0 Å². The van der Waals surface area contributed by atoms with Crippen LogP contribution in [0.5, 0.6) is 0 Å². The van der Waals surface area contributed by atoms with Crippen LogP contribution in [0.4, 0.5) is 0 Å². The van der Waals surface area contributed by atoms with Gasteiger partial charge in [-0.1, -0.05) is 43.7 Å². The zero-order valence-corrected chi connectivity index (χ0v) is 10.1. The van der Waals surface area contributed by atoms with E-state index in [-0.39, 0.29) is 0 Å². The molecule has 0 aliphatic carbocycles. The molecule has 1 unspecified atom stereocenters. The Kier molecular flexibility index (Phi) is 5.10. The molecule has 0 fully saturated rings. The van der Waals surface area contributed by atoms with E-state index in [0.717, 1.165) is 5.25 Å². The molecule has 78 valence electrons. The molecule has 0 aromatic rings. The Morgan fingerprint density at radius 1 is 1.57 bits per heavy atom. The van der Waals surface area contributed by atoms with Gasteiger partial charge >= 0.3 is 0 Å². The van der Waals surface area contributed by atoms with Gasteiger partial charge in [-0.3, -0.25) is 0 Å². The topological polar surface area (TPSA) is 0 Å². The molecule has 1 heteroatoms. The normalized spacial score (nSPS) is 23.1. The summed E-state index contributed by atoms with van der Waals surface area (Å²) in [5.74, 6) is 1.29. The Bertz CT molecular complexity index is 248. The molecule has 1 heterocycles. The van der Waals surface area contributed by atoms with E-state index in [9.17, 15) is 0 Å². The maximum absolute atomic E-state index is 3.72. The molecule has 0 nitrogen and oxygen atoms in total. The predicted octanol–water partition coefficient (Wildman–Crippen LogP) is 4.35. The number of hydrogen-bond acceptors (Lipinski definition) is 1. The molecule has 0 N–H and O–H groups in total. The molecule has 0 aromatic carbocycles. The second-order valence-electron chi connectivity index (χ2n) is 3.73. The van der Waals surface area contributed by atoms with E-state index in [1.54, 1.807) is 11.1 Å². The van der Waals surface area contributed by atoms with Gasteiger partial charge in [0.15, 0.2) is 0 Å². The standard InChI is InChI=1S/C13H20S/c1-4-6-8-12-11(3)9-10-14-13(12)7-5-2/h4,6,8,13H,1,5,7,9-10H2,2-3H3/b8-6-. The van der Waals surface area contributed by atoms with Crippen molar-refractivity contribution in [3.8, 4) is 0 Å². The molecular formula is C13H20S. The van der Waals surface area contributed by atoms with Crippen LogP contribution in [0.3, 0.4) is 0 Å². The Hall–Kier alpha value is -0.430. The first kappa shape index (κ1) is 11.6. The third-order valence-corrected chi connectivity index (χ3v) is 3.93. The molecular weight excluding hydrogens is 188 g/mol. The van der Waals surface area contributed by atoms with Gasteiger partial charge < -0.3 is 0 Å². The monoisotopic (exact) mass is 208 g/mol. The van der Waals surface area contributed by atoms with Gasteiger partial charge in [0.25, 0.3) is 0 Å². The van der Waals surface area contributed by atoms with Crippen molar-refractivity contribution in [2.24, 2.45) is 0 Å². The molecule has 0 spiro atoms. The van der Waals surface area contributed by atoms with E-state index in [0.29, 0.717) is 0 Å². The number of thioether (sulfide) groups is 1. The van der Waals surface area contributed by atoms with Gasteiger partial charge in [0.1, 0.15) is 0 Å². The first-order valence-corrected chi connectivity index (χ1v) is 6.44. The quantitative estimate of drug-likeness (QED) is 0.619. The third-order valence-electron chi connectivity index (χ3n) is 2.60. The molecule has 0 amide bonds. The van der Waals surface area contributed by atoms with E-state index in [2.05, 4.69) is 44.3 Å². The molecule has 1 aliphatic heterocycles. The van der Waals surface area contributed by atoms with Crippen LogP contribution < -0.4 is 0 Å². The van der Waals surface area contributed by atoms with Crippen LogP contribution in [0.2, 0.25) is 0 Å². The molecule has 1 atom stereocenters. The van der Waals surface area contributed by atoms with Crippen LogP contribution in [-0.4, -0.2) is 11.0 Å². The average molecular weight is 208 g/mol. The van der Waals surface area contributed by atoms with Crippen molar-refractivity contribution in [3.63, 3.8) is 0 Å². The van der Waals surface area contributed by atoms with Crippen molar-refractivity contribution in [2.45, 2.75) is 38.4 Å². The Morgan fingerprint density at radius 2 is 2.36 bits per heavy atom. The van der Waals surface area contributed by atoms with Crippen molar-refractivity contribution in [3.05, 3.63) is 36.0 Å². The minimum atomic E-state index is 0.727. The van der Waals surface area contributed by atoms with Gasteiger partial charge in [0.05, 0.1) is 0 Å². The lowest BCUT2D eigenvalue weighted by molar-refractivity contribution is 0.792. The van der Waals surface area contributed by atoms with E-state index >= 15 is 0 Å². The van der Waals surface area contributed by atoms with Crippen molar-refractivity contribution in [2.75, 3.05) is 5.75 Å². The fourth-order valence-electron chi connectivity index (χ4n) is 1.79. The minimum absolute atomic E-state index is 0.727. The summed E-state index contributed by atoms with van der Waals surface area (Å²) in [7, 11) is 0. The SMILES string of the molecule is C=C/C=C\C1=C(C)CCSC1CCC. The largest absolute Gasteiger partial charge is 0.153 e. The van der Waals surface area contributed by atoms with Crippen molar-refractivity contribution >= 4 is 11.8 Å². The highest BCUT2D eigenvalue weighted by molar-refractivity contribution is 8.00. The molecule has 0 radical (unpaired) electrons. The maximum Gasteiger partial charge on any atom is 0.0296 e. The Balaban J connectivity index is 2.78. The fourth-order valence-corrected chi connectivity index (χ4v) is 3.36. The molecule has 0 bridgehead atoms. The van der Waals surface area contributed by atoms with Crippen LogP contribution in [0, 0.1) is 0 Å². The second-order valence-corrected chi connectivity index (χ2v) is 5.04. The van der Waals surface area contributed by atoms with Crippen LogP contribution >= 0.6 is 11.8 Å². The molecule has 1 rings (SSSR count). The van der Waals surface area contributed by atoms with Gasteiger partial charge in [-0.25, -0.2) is 0 Å². The molecule has 1 aliphatic rings. The van der Waals surface area contributed by atoms with Crippen molar-refractivity contribution < 1.29 is 0 Å². The summed E-state index contributed by atoms with van der Waals surface area (Å²) in [4.78, 5) is 0. The lowest BCUT2D eigenvalue weighted by atomic mass is 10.00. The average Bonchev–Trinajstić information content (AvgIpc) is 2.18. The van der Waals surface area contributed by atoms with Crippen LogP contribution in [0.1, 0.15) is 33.1 Å². The first-order valence-electron chi connectivity index (χ1n) is 5.40. The van der Waals surface area contributed by atoms with Crippen molar-refractivity contribution in [1.82, 2.24) is 0 Å². The zero-order chi connectivity index (χ0) is 10.4. The lowest BCUT2D eigenvalue weighted by Gasteiger charge is -2.24. The number of hydrogen-bond donors (Lipinski definition) is 0. The Morgan fingerprint density at radius 3 is 3.00 bits per heavy atom. The predicted molar refractivity (Wildman–Crippen MR) is 67.8 cm³/mol. The second kappa shape index (κ2) is 6.13. The summed E-state index contributed by atoms with van der Waals surface area (Å²) in [5.41, 5.74) is 3.11. The summed E-state index contributed by atoms with van der Waals surface area (Å²) in [6, 6.07) is 0. The fraction of sp³-hybridized carbons (Fsp3) is 0.538. The van der Waals surface area contributed by atoms with E-state index in [1.165, 1.54) is 25.0 Å². The summed E-state index contributed by atoms with van der Waals surface area (Å²) in [6.07, 6.45) is 10.0. The van der Waals surface area contributed by atoms with Gasteiger partial charge in [0.2, 0.25) is 0 Å². The molecule has 0 saturated heterocycles. The zero-order valence-electron chi connectivity index (χ0n) is 9.25. The van der Waals surface area contributed by atoms with Gasteiger partial charge in [-0.05, 0) is 31.1 Å². The highest BCUT2D eigenvalue weighted by Crippen LogP contribution is 2.34. The minimum Gasteiger partial charge on any atom is -0.153 e. The van der Waals surface area contributed by atoms with E-state index in [4.69, 9.17) is 0 Å². The molecule has 14 heavy (non-hydrogen) atoms. The smallest absolute Gasteiger partial charge is 0.0296 e. The van der Waals surface area contributed by atoms with Gasteiger partial charge in [0, 0.05) is 5.25 Å². The van der Waals surface area contributed by atoms with E-state index in [1.807, 2.05) is 6.08 Å². The summed E-state index contributed by atoms with van der Waals surface area (Å²) < 4.78 is 0. The third kappa shape index (κ3) is 3.06. The number of allylic oxidation sites excluding steroid dienone is 4. The van der Waals surface area contributed by atoms with Crippen LogP contribution in [0.25, 0.3) is 0 Å². The molecule has 0 saturated carbocycles. The van der Waals surface area contributed by atoms with Gasteiger partial charge in [-0.15, -0.1) is 0 Å².